The van der Waals surface area contributed by atoms with Gasteiger partial charge in [-0.05, 0) is 26.1 Å². The SMILES string of the molecule is CCCN(CCN(CC)CC)CC(C)C(=O)O. The molecule has 4 nitrogen and oxygen atoms in total. The first-order chi connectivity index (χ1) is 8.04. The van der Waals surface area contributed by atoms with E-state index in [9.17, 15) is 4.79 Å². The maximum absolute atomic E-state index is 10.9. The molecule has 1 unspecified atom stereocenters. The summed E-state index contributed by atoms with van der Waals surface area (Å²) in [6, 6.07) is 0. The number of carboxylic acids is 1. The van der Waals surface area contributed by atoms with Crippen LogP contribution in [-0.4, -0.2) is 60.1 Å². The highest BCUT2D eigenvalue weighted by Gasteiger charge is 2.15. The van der Waals surface area contributed by atoms with E-state index in [0.717, 1.165) is 39.1 Å². The number of rotatable bonds is 10. The van der Waals surface area contributed by atoms with Gasteiger partial charge in [-0.25, -0.2) is 0 Å². The van der Waals surface area contributed by atoms with Gasteiger partial charge in [-0.15, -0.1) is 0 Å². The van der Waals surface area contributed by atoms with Crippen molar-refractivity contribution in [3.63, 3.8) is 0 Å². The highest BCUT2D eigenvalue weighted by Crippen LogP contribution is 2.02. The van der Waals surface area contributed by atoms with E-state index in [2.05, 4.69) is 30.6 Å². The predicted molar refractivity (Wildman–Crippen MR) is 71.3 cm³/mol. The number of aliphatic carboxylic acids is 1. The quantitative estimate of drug-likeness (QED) is 0.636. The van der Waals surface area contributed by atoms with Crippen molar-refractivity contribution < 1.29 is 9.90 Å². The van der Waals surface area contributed by atoms with E-state index in [4.69, 9.17) is 5.11 Å². The van der Waals surface area contributed by atoms with E-state index in [1.165, 1.54) is 0 Å². The Morgan fingerprint density at radius 1 is 1.06 bits per heavy atom. The lowest BCUT2D eigenvalue weighted by atomic mass is 10.1. The number of hydrogen-bond donors (Lipinski definition) is 1. The lowest BCUT2D eigenvalue weighted by molar-refractivity contribution is -0.141. The van der Waals surface area contributed by atoms with Crippen LogP contribution in [-0.2, 0) is 4.79 Å². The first-order valence-corrected chi connectivity index (χ1v) is 6.72. The van der Waals surface area contributed by atoms with Gasteiger partial charge in [0, 0.05) is 19.6 Å². The third-order valence-electron chi connectivity index (χ3n) is 3.12. The minimum absolute atomic E-state index is 0.279. The van der Waals surface area contributed by atoms with E-state index in [1.807, 2.05) is 0 Å². The third kappa shape index (κ3) is 7.34. The average Bonchev–Trinajstić information content (AvgIpc) is 2.30. The molecule has 0 aliphatic heterocycles. The second-order valence-electron chi connectivity index (χ2n) is 4.57. The summed E-state index contributed by atoms with van der Waals surface area (Å²) in [4.78, 5) is 15.5. The minimum atomic E-state index is -0.700. The van der Waals surface area contributed by atoms with Gasteiger partial charge in [0.15, 0.2) is 0 Å². The summed E-state index contributed by atoms with van der Waals surface area (Å²) in [6.07, 6.45) is 1.07. The van der Waals surface area contributed by atoms with Crippen molar-refractivity contribution in [1.82, 2.24) is 9.80 Å². The van der Waals surface area contributed by atoms with Crippen LogP contribution in [0.5, 0.6) is 0 Å². The summed E-state index contributed by atoms with van der Waals surface area (Å²) in [6.45, 7) is 14.0. The Morgan fingerprint density at radius 3 is 2.00 bits per heavy atom. The zero-order chi connectivity index (χ0) is 13.3. The van der Waals surface area contributed by atoms with Crippen LogP contribution in [0.15, 0.2) is 0 Å². The van der Waals surface area contributed by atoms with Crippen molar-refractivity contribution in [2.24, 2.45) is 5.92 Å². The van der Waals surface area contributed by atoms with Crippen molar-refractivity contribution >= 4 is 5.97 Å². The molecule has 0 aromatic heterocycles. The van der Waals surface area contributed by atoms with Gasteiger partial charge in [-0.3, -0.25) is 4.79 Å². The predicted octanol–water partition coefficient (Wildman–Crippen LogP) is 1.76. The van der Waals surface area contributed by atoms with Crippen LogP contribution in [0, 0.1) is 5.92 Å². The summed E-state index contributed by atoms with van der Waals surface area (Å²) >= 11 is 0. The fourth-order valence-corrected chi connectivity index (χ4v) is 1.90. The molecule has 0 aliphatic rings. The number of hydrogen-bond acceptors (Lipinski definition) is 3. The zero-order valence-electron chi connectivity index (χ0n) is 11.8. The summed E-state index contributed by atoms with van der Waals surface area (Å²) in [5.74, 6) is -0.979. The van der Waals surface area contributed by atoms with Crippen LogP contribution in [0.4, 0.5) is 0 Å². The molecule has 0 spiro atoms. The zero-order valence-corrected chi connectivity index (χ0v) is 11.8. The number of nitrogens with zero attached hydrogens (tertiary/aromatic N) is 2. The largest absolute Gasteiger partial charge is 0.481 e. The normalized spacial score (nSPS) is 13.3. The van der Waals surface area contributed by atoms with E-state index in [1.54, 1.807) is 6.92 Å². The number of carbonyl (C=O) groups is 1. The van der Waals surface area contributed by atoms with Crippen molar-refractivity contribution in [2.75, 3.05) is 39.3 Å². The highest BCUT2D eigenvalue weighted by atomic mass is 16.4. The molecule has 0 rings (SSSR count). The average molecular weight is 244 g/mol. The molecule has 0 aromatic carbocycles. The maximum atomic E-state index is 10.9. The number of carboxylic acid groups (broad SMARTS) is 1. The Bertz CT molecular complexity index is 206. The Kier molecular flexibility index (Phi) is 9.09. The van der Waals surface area contributed by atoms with E-state index >= 15 is 0 Å². The van der Waals surface area contributed by atoms with E-state index < -0.39 is 5.97 Å². The van der Waals surface area contributed by atoms with Crippen LogP contribution < -0.4 is 0 Å². The molecule has 0 saturated heterocycles. The van der Waals surface area contributed by atoms with Crippen LogP contribution >= 0.6 is 0 Å². The molecule has 4 heteroatoms. The molecule has 0 aromatic rings. The first kappa shape index (κ1) is 16.4. The lowest BCUT2D eigenvalue weighted by Crippen LogP contribution is -2.39. The molecule has 0 fully saturated rings. The van der Waals surface area contributed by atoms with Gasteiger partial charge in [-0.1, -0.05) is 27.7 Å². The fraction of sp³-hybridized carbons (Fsp3) is 0.923. The topological polar surface area (TPSA) is 43.8 Å². The molecule has 1 N–H and O–H groups in total. The lowest BCUT2D eigenvalue weighted by Gasteiger charge is -2.27. The van der Waals surface area contributed by atoms with Gasteiger partial charge in [0.1, 0.15) is 0 Å². The number of likely N-dealkylation sites (N-methyl/N-ethyl adjacent to an activating group) is 1. The third-order valence-corrected chi connectivity index (χ3v) is 3.12. The summed E-state index contributed by atoms with van der Waals surface area (Å²) in [5, 5.41) is 8.93. The van der Waals surface area contributed by atoms with E-state index in [0.29, 0.717) is 6.54 Å². The highest BCUT2D eigenvalue weighted by molar-refractivity contribution is 5.69. The Balaban J connectivity index is 4.09. The molecule has 0 aliphatic carbocycles. The summed E-state index contributed by atoms with van der Waals surface area (Å²) < 4.78 is 0. The Morgan fingerprint density at radius 2 is 1.59 bits per heavy atom. The van der Waals surface area contributed by atoms with Crippen molar-refractivity contribution in [3.8, 4) is 0 Å². The summed E-state index contributed by atoms with van der Waals surface area (Å²) in [5.41, 5.74) is 0. The van der Waals surface area contributed by atoms with Gasteiger partial charge in [0.25, 0.3) is 0 Å². The Labute approximate surface area is 106 Å². The van der Waals surface area contributed by atoms with Crippen LogP contribution in [0.2, 0.25) is 0 Å². The molecular weight excluding hydrogens is 216 g/mol. The van der Waals surface area contributed by atoms with Crippen LogP contribution in [0.3, 0.4) is 0 Å². The van der Waals surface area contributed by atoms with Crippen molar-refractivity contribution in [2.45, 2.75) is 34.1 Å². The standard InChI is InChI=1S/C13H28N2O2/c1-5-8-15(11-12(4)13(16)17)10-9-14(6-2)7-3/h12H,5-11H2,1-4H3,(H,16,17). The van der Waals surface area contributed by atoms with Gasteiger partial charge >= 0.3 is 5.97 Å². The second kappa shape index (κ2) is 9.42. The van der Waals surface area contributed by atoms with Gasteiger partial charge < -0.3 is 14.9 Å². The Hall–Kier alpha value is -0.610. The van der Waals surface area contributed by atoms with Crippen LogP contribution in [0.25, 0.3) is 0 Å². The van der Waals surface area contributed by atoms with Gasteiger partial charge in [-0.2, -0.15) is 0 Å². The fourth-order valence-electron chi connectivity index (χ4n) is 1.90. The summed E-state index contributed by atoms with van der Waals surface area (Å²) in [7, 11) is 0. The molecule has 0 radical (unpaired) electrons. The van der Waals surface area contributed by atoms with Crippen molar-refractivity contribution in [3.05, 3.63) is 0 Å². The smallest absolute Gasteiger partial charge is 0.307 e. The molecule has 17 heavy (non-hydrogen) atoms. The van der Waals surface area contributed by atoms with Crippen LogP contribution in [0.1, 0.15) is 34.1 Å². The molecule has 0 bridgehead atoms. The molecule has 1 atom stereocenters. The monoisotopic (exact) mass is 244 g/mol. The first-order valence-electron chi connectivity index (χ1n) is 6.72. The van der Waals surface area contributed by atoms with Gasteiger partial charge in [0.05, 0.1) is 5.92 Å². The molecule has 0 saturated carbocycles. The minimum Gasteiger partial charge on any atom is -0.481 e. The molecular formula is C13H28N2O2. The molecule has 0 amide bonds. The molecule has 102 valence electrons. The van der Waals surface area contributed by atoms with Crippen molar-refractivity contribution in [1.29, 1.82) is 0 Å². The maximum Gasteiger partial charge on any atom is 0.307 e. The van der Waals surface area contributed by atoms with E-state index in [-0.39, 0.29) is 5.92 Å². The molecule has 0 heterocycles. The van der Waals surface area contributed by atoms with Gasteiger partial charge in [0.2, 0.25) is 0 Å². The second-order valence-corrected chi connectivity index (χ2v) is 4.57.